The first-order valence-corrected chi connectivity index (χ1v) is 23.3. The quantitative estimate of drug-likeness (QED) is 0.153. The zero-order valence-corrected chi connectivity index (χ0v) is 39.7. The van der Waals surface area contributed by atoms with Crippen LogP contribution in [0.1, 0.15) is 126 Å². The van der Waals surface area contributed by atoms with Gasteiger partial charge in [-0.2, -0.15) is 0 Å². The molecule has 2 heterocycles. The Hall–Kier alpha value is -5.60. The van der Waals surface area contributed by atoms with E-state index in [0.717, 1.165) is 48.0 Å². The Bertz CT molecular complexity index is 2770. The molecule has 1 aliphatic rings. The highest BCUT2D eigenvalue weighted by Crippen LogP contribution is 2.45. The number of rotatable bonds is 8. The average Bonchev–Trinajstić information content (AvgIpc) is 3.83. The Labute approximate surface area is 372 Å². The number of furan rings is 2. The highest BCUT2D eigenvalue weighted by molar-refractivity contribution is 6.26. The Morgan fingerprint density at radius 1 is 0.613 bits per heavy atom. The number of allylic oxidation sites excluding steroid dienone is 4. The lowest BCUT2D eigenvalue weighted by molar-refractivity contribution is 0.580. The highest BCUT2D eigenvalue weighted by atomic mass is 16.3. The average molecular weight is 823 g/mol. The molecule has 0 spiro atoms. The van der Waals surface area contributed by atoms with Crippen LogP contribution < -0.4 is 0 Å². The number of hydrogen-bond acceptors (Lipinski definition) is 2. The summed E-state index contributed by atoms with van der Waals surface area (Å²) in [4.78, 5) is 0. The molecule has 2 atom stereocenters. The van der Waals surface area contributed by atoms with E-state index in [-0.39, 0.29) is 0 Å². The number of aryl methyl sites for hydroxylation is 4. The van der Waals surface area contributed by atoms with Crippen molar-refractivity contribution in [2.75, 3.05) is 0 Å². The van der Waals surface area contributed by atoms with Crippen LogP contribution in [0.4, 0.5) is 0 Å². The molecule has 2 unspecified atom stereocenters. The predicted molar refractivity (Wildman–Crippen MR) is 272 cm³/mol. The van der Waals surface area contributed by atoms with Gasteiger partial charge in [0.15, 0.2) is 0 Å². The van der Waals surface area contributed by atoms with Crippen LogP contribution in [0.5, 0.6) is 0 Å². The lowest BCUT2D eigenvalue weighted by Crippen LogP contribution is -2.03. The Balaban J connectivity index is 0.000000172. The van der Waals surface area contributed by atoms with E-state index in [2.05, 4.69) is 197 Å². The molecule has 0 aliphatic heterocycles. The van der Waals surface area contributed by atoms with Crippen molar-refractivity contribution in [2.24, 2.45) is 11.8 Å². The van der Waals surface area contributed by atoms with Crippen molar-refractivity contribution >= 4 is 49.5 Å². The van der Waals surface area contributed by atoms with Crippen LogP contribution in [-0.4, -0.2) is 0 Å². The maximum absolute atomic E-state index is 6.55. The molecule has 0 saturated carbocycles. The van der Waals surface area contributed by atoms with Gasteiger partial charge in [0.2, 0.25) is 0 Å². The summed E-state index contributed by atoms with van der Waals surface area (Å²) in [5, 5.41) is 4.83. The second-order valence-electron chi connectivity index (χ2n) is 17.6. The zero-order valence-electron chi connectivity index (χ0n) is 39.7. The molecule has 2 heteroatoms. The highest BCUT2D eigenvalue weighted by Gasteiger charge is 2.23. The van der Waals surface area contributed by atoms with E-state index in [9.17, 15) is 0 Å². The first kappa shape index (κ1) is 45.9. The Morgan fingerprint density at radius 2 is 1.18 bits per heavy atom. The van der Waals surface area contributed by atoms with Gasteiger partial charge in [-0.05, 0) is 153 Å². The second kappa shape index (κ2) is 21.0. The van der Waals surface area contributed by atoms with Gasteiger partial charge in [-0.3, -0.25) is 0 Å². The van der Waals surface area contributed by atoms with Gasteiger partial charge < -0.3 is 8.83 Å². The van der Waals surface area contributed by atoms with Crippen molar-refractivity contribution in [2.45, 2.75) is 121 Å². The van der Waals surface area contributed by atoms with E-state index in [1.165, 1.54) is 89.2 Å². The molecule has 2 nitrogen and oxygen atoms in total. The standard InChI is InChI=1S/C29H32O2.C15H18.C14H14.C2H6/c1-6-8-20(7-2)21-16-26-27(23-15-19(13-17(3)4)10-12-24(23)30-26)28-22-14-18(5)9-11-25(22)31-29(21)28;1-11-8-6-10-15(13(11)3)14-9-5-4-7-12(14)2;1-11-7-3-5-9-13(11)14-10-6-4-8-12(14)2;1-2/h9-12,14-17,20H,6-8,13H2,1-5H3;4-7,9-11H,8H2,1-3H3;3-10H,1-2H3;1-2H3. The van der Waals surface area contributed by atoms with Gasteiger partial charge in [0.1, 0.15) is 22.3 Å². The molecule has 322 valence electrons. The normalized spacial score (nSPS) is 14.1. The van der Waals surface area contributed by atoms with Gasteiger partial charge >= 0.3 is 0 Å². The smallest absolute Gasteiger partial charge is 0.139 e. The molecule has 8 aromatic rings. The summed E-state index contributed by atoms with van der Waals surface area (Å²) in [5.74, 6) is 1.78. The van der Waals surface area contributed by atoms with Gasteiger partial charge in [0.25, 0.3) is 0 Å². The van der Waals surface area contributed by atoms with E-state index in [1.807, 2.05) is 13.8 Å². The first-order chi connectivity index (χ1) is 30.0. The van der Waals surface area contributed by atoms with Gasteiger partial charge in [-0.25, -0.2) is 0 Å². The zero-order chi connectivity index (χ0) is 44.5. The van der Waals surface area contributed by atoms with Crippen LogP contribution in [-0.2, 0) is 6.42 Å². The van der Waals surface area contributed by atoms with Crippen LogP contribution >= 0.6 is 0 Å². The van der Waals surface area contributed by atoms with E-state index in [4.69, 9.17) is 8.83 Å². The maximum atomic E-state index is 6.55. The summed E-state index contributed by atoms with van der Waals surface area (Å²) in [6.45, 7) is 26.3. The maximum Gasteiger partial charge on any atom is 0.139 e. The first-order valence-electron chi connectivity index (χ1n) is 23.3. The molecule has 0 bridgehead atoms. The topological polar surface area (TPSA) is 26.3 Å². The molecule has 62 heavy (non-hydrogen) atoms. The summed E-state index contributed by atoms with van der Waals surface area (Å²) in [6.07, 6.45) is 10.2. The van der Waals surface area contributed by atoms with E-state index < -0.39 is 0 Å². The van der Waals surface area contributed by atoms with E-state index in [1.54, 1.807) is 0 Å². The second-order valence-corrected chi connectivity index (χ2v) is 17.6. The Morgan fingerprint density at radius 3 is 1.76 bits per heavy atom. The van der Waals surface area contributed by atoms with Crippen molar-refractivity contribution in [1.29, 1.82) is 0 Å². The van der Waals surface area contributed by atoms with Crippen LogP contribution in [0.3, 0.4) is 0 Å². The molecule has 9 rings (SSSR count). The van der Waals surface area contributed by atoms with Gasteiger partial charge in [-0.1, -0.05) is 163 Å². The molecule has 1 aliphatic carbocycles. The molecule has 0 radical (unpaired) electrons. The molecule has 0 saturated heterocycles. The summed E-state index contributed by atoms with van der Waals surface area (Å²) in [5.41, 5.74) is 18.9. The fourth-order valence-corrected chi connectivity index (χ4v) is 9.11. The summed E-state index contributed by atoms with van der Waals surface area (Å²) >= 11 is 0. The summed E-state index contributed by atoms with van der Waals surface area (Å²) in [7, 11) is 0. The lowest BCUT2D eigenvalue weighted by Gasteiger charge is -2.20. The third-order valence-corrected chi connectivity index (χ3v) is 12.6. The summed E-state index contributed by atoms with van der Waals surface area (Å²) < 4.78 is 13.0. The van der Waals surface area contributed by atoms with Crippen molar-refractivity contribution in [3.05, 3.63) is 172 Å². The Kier molecular flexibility index (Phi) is 15.5. The van der Waals surface area contributed by atoms with Crippen molar-refractivity contribution < 1.29 is 8.83 Å². The molecule has 0 fully saturated rings. The van der Waals surface area contributed by atoms with Crippen molar-refractivity contribution in [1.82, 2.24) is 0 Å². The summed E-state index contributed by atoms with van der Waals surface area (Å²) in [6, 6.07) is 41.1. The molecule has 6 aromatic carbocycles. The third-order valence-electron chi connectivity index (χ3n) is 12.6. The van der Waals surface area contributed by atoms with Gasteiger partial charge in [-0.15, -0.1) is 0 Å². The SMILES string of the molecule is CC.CC1=C(c2ccccc2C)C=CCC1C.CCCC(CC)c1cc2oc3ccc(CC(C)C)cc3c2c2c1oc1ccc(C)cc12.Cc1ccccc1-c1ccccc1C. The van der Waals surface area contributed by atoms with Crippen LogP contribution in [0, 0.1) is 39.5 Å². The molecule has 0 amide bonds. The largest absolute Gasteiger partial charge is 0.456 e. The molecular formula is C60H70O2. The van der Waals surface area contributed by atoms with Gasteiger partial charge in [0, 0.05) is 27.1 Å². The fourth-order valence-electron chi connectivity index (χ4n) is 9.11. The van der Waals surface area contributed by atoms with Gasteiger partial charge in [0.05, 0.1) is 0 Å². The third kappa shape index (κ3) is 10.0. The number of benzene rings is 6. The fraction of sp³-hybridized carbons (Fsp3) is 0.333. The predicted octanol–water partition coefficient (Wildman–Crippen LogP) is 18.6. The van der Waals surface area contributed by atoms with Crippen LogP contribution in [0.2, 0.25) is 0 Å². The van der Waals surface area contributed by atoms with Crippen molar-refractivity contribution in [3.8, 4) is 11.1 Å². The minimum atomic E-state index is 0.475. The number of fused-ring (bicyclic) bond motifs is 7. The van der Waals surface area contributed by atoms with E-state index >= 15 is 0 Å². The minimum Gasteiger partial charge on any atom is -0.456 e. The van der Waals surface area contributed by atoms with Crippen molar-refractivity contribution in [3.63, 3.8) is 0 Å². The molecule has 0 N–H and O–H groups in total. The monoisotopic (exact) mass is 823 g/mol. The van der Waals surface area contributed by atoms with E-state index in [0.29, 0.717) is 17.8 Å². The van der Waals surface area contributed by atoms with Crippen LogP contribution in [0.25, 0.3) is 60.6 Å². The number of hydrogen-bond donors (Lipinski definition) is 0. The molecular weight excluding hydrogens is 753 g/mol. The lowest BCUT2D eigenvalue weighted by atomic mass is 9.85. The molecule has 2 aromatic heterocycles. The minimum absolute atomic E-state index is 0.475. The van der Waals surface area contributed by atoms with Crippen LogP contribution in [0.15, 0.2) is 142 Å².